The van der Waals surface area contributed by atoms with Crippen LogP contribution < -0.4 is 10.5 Å². The fraction of sp³-hybridized carbons (Fsp3) is 0.533. The minimum Gasteiger partial charge on any atom is -0.486 e. The molecule has 20 heavy (non-hydrogen) atoms. The van der Waals surface area contributed by atoms with Crippen LogP contribution in [0.2, 0.25) is 5.02 Å². The van der Waals surface area contributed by atoms with E-state index in [9.17, 15) is 0 Å². The van der Waals surface area contributed by atoms with Crippen molar-refractivity contribution in [2.45, 2.75) is 51.4 Å². The van der Waals surface area contributed by atoms with E-state index in [1.807, 2.05) is 27.7 Å². The lowest BCUT2D eigenvalue weighted by atomic mass is 9.97. The highest BCUT2D eigenvalue weighted by Gasteiger charge is 2.47. The Kier molecular flexibility index (Phi) is 3.73. The number of halogens is 1. The Morgan fingerprint density at radius 3 is 2.55 bits per heavy atom. The molecule has 0 bridgehead atoms. The number of nitrogens with one attached hydrogen (secondary N) is 1. The van der Waals surface area contributed by atoms with Crippen LogP contribution in [-0.2, 0) is 4.74 Å². The molecule has 110 valence electrons. The van der Waals surface area contributed by atoms with Crippen molar-refractivity contribution in [1.29, 1.82) is 5.41 Å². The minimum atomic E-state index is -0.403. The molecule has 1 unspecified atom stereocenters. The van der Waals surface area contributed by atoms with Crippen molar-refractivity contribution in [1.82, 2.24) is 0 Å². The first-order chi connectivity index (χ1) is 9.12. The van der Waals surface area contributed by atoms with E-state index in [4.69, 9.17) is 32.2 Å². The van der Waals surface area contributed by atoms with Gasteiger partial charge in [-0.15, -0.1) is 0 Å². The van der Waals surface area contributed by atoms with Crippen molar-refractivity contribution < 1.29 is 9.47 Å². The Labute approximate surface area is 124 Å². The van der Waals surface area contributed by atoms with Crippen LogP contribution in [0, 0.1) is 5.41 Å². The normalized spacial score (nSPS) is 23.6. The molecule has 3 N–H and O–H groups in total. The largest absolute Gasteiger partial charge is 0.486 e. The lowest BCUT2D eigenvalue weighted by Crippen LogP contribution is -2.37. The van der Waals surface area contributed by atoms with Gasteiger partial charge in [-0.25, -0.2) is 0 Å². The Bertz CT molecular complexity index is 541. The minimum absolute atomic E-state index is 0.0958. The van der Waals surface area contributed by atoms with Crippen molar-refractivity contribution in [3.05, 3.63) is 28.8 Å². The van der Waals surface area contributed by atoms with Gasteiger partial charge in [0.05, 0.1) is 16.2 Å². The average molecular weight is 297 g/mol. The van der Waals surface area contributed by atoms with Gasteiger partial charge < -0.3 is 15.2 Å². The summed E-state index contributed by atoms with van der Waals surface area (Å²) in [5.41, 5.74) is 5.40. The summed E-state index contributed by atoms with van der Waals surface area (Å²) in [5.74, 6) is 0.436. The number of amidine groups is 1. The summed E-state index contributed by atoms with van der Waals surface area (Å²) in [5, 5.41) is 8.07. The van der Waals surface area contributed by atoms with Gasteiger partial charge in [-0.05, 0) is 39.8 Å². The molecule has 1 atom stereocenters. The number of nitrogens with two attached hydrogens (primary N) is 1. The Hall–Kier alpha value is -1.26. The second-order valence-corrected chi connectivity index (χ2v) is 6.71. The zero-order valence-electron chi connectivity index (χ0n) is 12.3. The third kappa shape index (κ3) is 2.91. The van der Waals surface area contributed by atoms with E-state index in [0.717, 1.165) is 6.42 Å². The second-order valence-electron chi connectivity index (χ2n) is 6.30. The predicted molar refractivity (Wildman–Crippen MR) is 80.7 cm³/mol. The van der Waals surface area contributed by atoms with Crippen LogP contribution in [0.5, 0.6) is 5.75 Å². The quantitative estimate of drug-likeness (QED) is 0.664. The molecule has 0 amide bonds. The third-order valence-corrected chi connectivity index (χ3v) is 3.82. The topological polar surface area (TPSA) is 68.3 Å². The smallest absolute Gasteiger partial charge is 0.132 e. The first-order valence-electron chi connectivity index (χ1n) is 6.62. The van der Waals surface area contributed by atoms with Crippen molar-refractivity contribution in [3.8, 4) is 5.75 Å². The number of benzene rings is 1. The summed E-state index contributed by atoms with van der Waals surface area (Å²) >= 11 is 6.10. The first kappa shape index (κ1) is 15.1. The molecule has 1 fully saturated rings. The van der Waals surface area contributed by atoms with Gasteiger partial charge in [0, 0.05) is 6.42 Å². The summed E-state index contributed by atoms with van der Waals surface area (Å²) in [4.78, 5) is 0. The summed E-state index contributed by atoms with van der Waals surface area (Å²) in [6, 6.07) is 5.27. The van der Waals surface area contributed by atoms with E-state index < -0.39 is 5.60 Å². The van der Waals surface area contributed by atoms with Crippen LogP contribution in [-0.4, -0.2) is 23.1 Å². The molecule has 1 aromatic carbocycles. The summed E-state index contributed by atoms with van der Waals surface area (Å²) in [6.45, 7) is 8.10. The van der Waals surface area contributed by atoms with Crippen LogP contribution in [0.15, 0.2) is 18.2 Å². The lowest BCUT2D eigenvalue weighted by Gasteiger charge is -2.28. The fourth-order valence-electron chi connectivity index (χ4n) is 2.71. The van der Waals surface area contributed by atoms with Gasteiger partial charge >= 0.3 is 0 Å². The maximum absolute atomic E-state index is 7.65. The molecular weight excluding hydrogens is 276 g/mol. The van der Waals surface area contributed by atoms with E-state index in [0.29, 0.717) is 16.3 Å². The maximum Gasteiger partial charge on any atom is 0.132 e. The van der Waals surface area contributed by atoms with Crippen molar-refractivity contribution in [3.63, 3.8) is 0 Å². The predicted octanol–water partition coefficient (Wildman–Crippen LogP) is 3.35. The Morgan fingerprint density at radius 1 is 1.40 bits per heavy atom. The number of ether oxygens (including phenoxy) is 2. The highest BCUT2D eigenvalue weighted by Crippen LogP contribution is 2.40. The molecule has 1 saturated heterocycles. The average Bonchev–Trinajstić information content (AvgIpc) is 2.45. The van der Waals surface area contributed by atoms with Crippen LogP contribution in [0.1, 0.15) is 39.7 Å². The molecule has 4 nitrogen and oxygen atoms in total. The third-order valence-electron chi connectivity index (χ3n) is 3.51. The van der Waals surface area contributed by atoms with E-state index in [-0.39, 0.29) is 17.5 Å². The molecule has 0 aliphatic carbocycles. The molecule has 0 spiro atoms. The van der Waals surface area contributed by atoms with Crippen LogP contribution in [0.25, 0.3) is 0 Å². The monoisotopic (exact) mass is 296 g/mol. The van der Waals surface area contributed by atoms with Gasteiger partial charge in [-0.1, -0.05) is 17.7 Å². The van der Waals surface area contributed by atoms with Gasteiger partial charge in [0.2, 0.25) is 0 Å². The SMILES string of the molecule is CC1(C)CC(Oc2cccc(Cl)c2C(=N)N)C(C)(C)O1. The molecular formula is C15H21ClN2O2. The molecule has 2 rings (SSSR count). The number of hydrogen-bond donors (Lipinski definition) is 2. The van der Waals surface area contributed by atoms with Crippen molar-refractivity contribution in [2.75, 3.05) is 0 Å². The van der Waals surface area contributed by atoms with Crippen LogP contribution in [0.3, 0.4) is 0 Å². The van der Waals surface area contributed by atoms with E-state index in [1.54, 1.807) is 18.2 Å². The summed E-state index contributed by atoms with van der Waals surface area (Å²) in [7, 11) is 0. The molecule has 0 radical (unpaired) electrons. The van der Waals surface area contributed by atoms with Gasteiger partial charge in [0.1, 0.15) is 23.3 Å². The first-order valence-corrected chi connectivity index (χ1v) is 7.00. The van der Waals surface area contributed by atoms with Crippen molar-refractivity contribution in [2.24, 2.45) is 5.73 Å². The molecule has 1 aliphatic rings. The van der Waals surface area contributed by atoms with E-state index in [1.165, 1.54) is 0 Å². The van der Waals surface area contributed by atoms with Crippen LogP contribution >= 0.6 is 11.6 Å². The summed E-state index contributed by atoms with van der Waals surface area (Å²) < 4.78 is 12.1. The van der Waals surface area contributed by atoms with Crippen molar-refractivity contribution >= 4 is 17.4 Å². The zero-order chi connectivity index (χ0) is 15.1. The van der Waals surface area contributed by atoms with Gasteiger partial charge in [0.25, 0.3) is 0 Å². The lowest BCUT2D eigenvalue weighted by molar-refractivity contribution is -0.0846. The molecule has 0 aromatic heterocycles. The standard InChI is InChI=1S/C15H21ClN2O2/c1-14(2)8-11(15(3,4)20-14)19-10-7-5-6-9(16)12(10)13(17)18/h5-7,11H,8H2,1-4H3,(H3,17,18). The molecule has 0 saturated carbocycles. The fourth-order valence-corrected chi connectivity index (χ4v) is 2.98. The zero-order valence-corrected chi connectivity index (χ0v) is 13.0. The Morgan fingerprint density at radius 2 is 2.05 bits per heavy atom. The molecule has 5 heteroatoms. The molecule has 1 aromatic rings. The second kappa shape index (κ2) is 4.93. The number of nitrogen functional groups attached to an aromatic ring is 1. The summed E-state index contributed by atoms with van der Waals surface area (Å²) in [6.07, 6.45) is 0.651. The van der Waals surface area contributed by atoms with Gasteiger partial charge in [-0.3, -0.25) is 5.41 Å². The Balaban J connectivity index is 2.32. The van der Waals surface area contributed by atoms with E-state index >= 15 is 0 Å². The maximum atomic E-state index is 7.65. The highest BCUT2D eigenvalue weighted by atomic mass is 35.5. The number of rotatable bonds is 3. The van der Waals surface area contributed by atoms with Gasteiger partial charge in [-0.2, -0.15) is 0 Å². The molecule has 1 heterocycles. The molecule has 1 aliphatic heterocycles. The van der Waals surface area contributed by atoms with Gasteiger partial charge in [0.15, 0.2) is 0 Å². The highest BCUT2D eigenvalue weighted by molar-refractivity contribution is 6.34. The van der Waals surface area contributed by atoms with E-state index in [2.05, 4.69) is 0 Å². The van der Waals surface area contributed by atoms with Crippen LogP contribution in [0.4, 0.5) is 0 Å². The number of hydrogen-bond acceptors (Lipinski definition) is 3.